The topological polar surface area (TPSA) is 43.7 Å². The van der Waals surface area contributed by atoms with Gasteiger partial charge in [0.05, 0.1) is 0 Å². The fraction of sp³-hybridized carbons (Fsp3) is 0.538. The molecule has 2 N–H and O–H groups in total. The van der Waals surface area contributed by atoms with E-state index < -0.39 is 0 Å². The molecule has 90 valence electrons. The highest BCUT2D eigenvalue weighted by molar-refractivity contribution is 5.29. The highest BCUT2D eigenvalue weighted by atomic mass is 16.3. The molecule has 0 fully saturated rings. The molecule has 3 heteroatoms. The summed E-state index contributed by atoms with van der Waals surface area (Å²) in [6.07, 6.45) is 0. The van der Waals surface area contributed by atoms with Crippen molar-refractivity contribution < 1.29 is 10.2 Å². The predicted octanol–water partition coefficient (Wildman–Crippen LogP) is 1.20. The van der Waals surface area contributed by atoms with Crippen molar-refractivity contribution >= 4 is 0 Å². The van der Waals surface area contributed by atoms with E-state index in [0.29, 0.717) is 0 Å². The van der Waals surface area contributed by atoms with Crippen LogP contribution in [0.2, 0.25) is 0 Å². The van der Waals surface area contributed by atoms with Gasteiger partial charge < -0.3 is 15.1 Å². The van der Waals surface area contributed by atoms with E-state index in [1.54, 1.807) is 0 Å². The summed E-state index contributed by atoms with van der Waals surface area (Å²) in [5.41, 5.74) is 2.36. The average Bonchev–Trinajstić information content (AvgIpc) is 2.27. The van der Waals surface area contributed by atoms with Crippen LogP contribution in [0.1, 0.15) is 17.2 Å². The zero-order valence-corrected chi connectivity index (χ0v) is 10.2. The molecule has 1 aromatic rings. The van der Waals surface area contributed by atoms with Crippen LogP contribution in [-0.2, 0) is 0 Å². The minimum atomic E-state index is -0.143. The number of nitrogens with zero attached hydrogens (tertiary/aromatic N) is 1. The Morgan fingerprint density at radius 1 is 1.12 bits per heavy atom. The molecule has 0 aliphatic rings. The summed E-state index contributed by atoms with van der Waals surface area (Å²) in [4.78, 5) is 2.04. The van der Waals surface area contributed by atoms with E-state index in [2.05, 4.69) is 19.1 Å². The van der Waals surface area contributed by atoms with Gasteiger partial charge in [-0.2, -0.15) is 0 Å². The van der Waals surface area contributed by atoms with Crippen LogP contribution in [0.15, 0.2) is 24.3 Å². The summed E-state index contributed by atoms with van der Waals surface area (Å²) >= 11 is 0. The molecule has 0 saturated carbocycles. The standard InChI is InChI=1S/C13H21NO2/c1-10-6-4-5-7-12(10)13(14(2)3)11(8-15)9-16/h4-7,11,13,15-16H,8-9H2,1-3H3/t13-/m1/s1. The zero-order chi connectivity index (χ0) is 12.1. The van der Waals surface area contributed by atoms with Crippen LogP contribution in [-0.4, -0.2) is 42.4 Å². The molecule has 16 heavy (non-hydrogen) atoms. The molecule has 1 atom stereocenters. The minimum absolute atomic E-state index is 0.00627. The first-order chi connectivity index (χ1) is 7.61. The van der Waals surface area contributed by atoms with Gasteiger partial charge in [-0.3, -0.25) is 0 Å². The van der Waals surface area contributed by atoms with E-state index in [1.165, 1.54) is 11.1 Å². The highest BCUT2D eigenvalue weighted by Crippen LogP contribution is 2.28. The molecule has 3 nitrogen and oxygen atoms in total. The first-order valence-electron chi connectivity index (χ1n) is 5.55. The van der Waals surface area contributed by atoms with Crippen LogP contribution in [0.5, 0.6) is 0 Å². The Bertz CT molecular complexity index is 321. The smallest absolute Gasteiger partial charge is 0.0499 e. The van der Waals surface area contributed by atoms with Gasteiger partial charge in [0, 0.05) is 25.2 Å². The molecule has 0 bridgehead atoms. The van der Waals surface area contributed by atoms with Crippen LogP contribution in [0.4, 0.5) is 0 Å². The Balaban J connectivity index is 3.07. The molecular weight excluding hydrogens is 202 g/mol. The van der Waals surface area contributed by atoms with Gasteiger partial charge in [-0.25, -0.2) is 0 Å². The molecule has 0 spiro atoms. The van der Waals surface area contributed by atoms with E-state index in [1.807, 2.05) is 31.1 Å². The second-order valence-corrected chi connectivity index (χ2v) is 4.39. The molecule has 0 aromatic heterocycles. The van der Waals surface area contributed by atoms with Crippen molar-refractivity contribution in [1.82, 2.24) is 4.90 Å². The summed E-state index contributed by atoms with van der Waals surface area (Å²) in [5.74, 6) is -0.143. The van der Waals surface area contributed by atoms with Crippen LogP contribution >= 0.6 is 0 Å². The molecule has 0 radical (unpaired) electrons. The lowest BCUT2D eigenvalue weighted by molar-refractivity contribution is 0.0806. The van der Waals surface area contributed by atoms with Crippen molar-refractivity contribution in [1.29, 1.82) is 0 Å². The van der Waals surface area contributed by atoms with Crippen LogP contribution in [0, 0.1) is 12.8 Å². The minimum Gasteiger partial charge on any atom is -0.396 e. The maximum Gasteiger partial charge on any atom is 0.0499 e. The number of aryl methyl sites for hydroxylation is 1. The Kier molecular flexibility index (Phi) is 4.93. The summed E-state index contributed by atoms with van der Waals surface area (Å²) in [6.45, 7) is 2.04. The lowest BCUT2D eigenvalue weighted by atomic mass is 9.90. The zero-order valence-electron chi connectivity index (χ0n) is 10.2. The van der Waals surface area contributed by atoms with Crippen molar-refractivity contribution in [3.05, 3.63) is 35.4 Å². The molecular formula is C13H21NO2. The van der Waals surface area contributed by atoms with Gasteiger partial charge in [0.2, 0.25) is 0 Å². The average molecular weight is 223 g/mol. The molecule has 0 saturated heterocycles. The second-order valence-electron chi connectivity index (χ2n) is 4.39. The maximum absolute atomic E-state index is 9.31. The maximum atomic E-state index is 9.31. The summed E-state index contributed by atoms with van der Waals surface area (Å²) in [5, 5.41) is 18.6. The highest BCUT2D eigenvalue weighted by Gasteiger charge is 2.25. The van der Waals surface area contributed by atoms with Gasteiger partial charge in [0.1, 0.15) is 0 Å². The van der Waals surface area contributed by atoms with E-state index in [9.17, 15) is 10.2 Å². The Hall–Kier alpha value is -0.900. The predicted molar refractivity (Wildman–Crippen MR) is 65.3 cm³/mol. The van der Waals surface area contributed by atoms with Gasteiger partial charge in [-0.15, -0.1) is 0 Å². The third-order valence-electron chi connectivity index (χ3n) is 2.98. The third-order valence-corrected chi connectivity index (χ3v) is 2.98. The van der Waals surface area contributed by atoms with E-state index in [-0.39, 0.29) is 25.2 Å². The molecule has 1 aromatic carbocycles. The summed E-state index contributed by atoms with van der Waals surface area (Å²) < 4.78 is 0. The largest absolute Gasteiger partial charge is 0.396 e. The van der Waals surface area contributed by atoms with Gasteiger partial charge in [0.15, 0.2) is 0 Å². The number of hydrogen-bond donors (Lipinski definition) is 2. The SMILES string of the molecule is Cc1ccccc1[C@@H](C(CO)CO)N(C)C. The van der Waals surface area contributed by atoms with Crippen molar-refractivity contribution in [2.75, 3.05) is 27.3 Å². The fourth-order valence-corrected chi connectivity index (χ4v) is 2.13. The third kappa shape index (κ3) is 2.82. The van der Waals surface area contributed by atoms with Crippen molar-refractivity contribution in [2.24, 2.45) is 5.92 Å². The molecule has 0 unspecified atom stereocenters. The quantitative estimate of drug-likeness (QED) is 0.788. The van der Waals surface area contributed by atoms with Gasteiger partial charge in [0.25, 0.3) is 0 Å². The second kappa shape index (κ2) is 5.99. The van der Waals surface area contributed by atoms with Crippen LogP contribution in [0.3, 0.4) is 0 Å². The number of benzene rings is 1. The number of aliphatic hydroxyl groups is 2. The van der Waals surface area contributed by atoms with Gasteiger partial charge >= 0.3 is 0 Å². The van der Waals surface area contributed by atoms with Crippen molar-refractivity contribution in [3.8, 4) is 0 Å². The number of rotatable bonds is 5. The van der Waals surface area contributed by atoms with Crippen LogP contribution in [0.25, 0.3) is 0 Å². The molecule has 0 amide bonds. The van der Waals surface area contributed by atoms with Gasteiger partial charge in [-0.1, -0.05) is 24.3 Å². The van der Waals surface area contributed by atoms with E-state index in [4.69, 9.17) is 0 Å². The Morgan fingerprint density at radius 3 is 2.12 bits per heavy atom. The first-order valence-corrected chi connectivity index (χ1v) is 5.55. The lowest BCUT2D eigenvalue weighted by Gasteiger charge is -2.31. The van der Waals surface area contributed by atoms with Crippen molar-refractivity contribution in [2.45, 2.75) is 13.0 Å². The Labute approximate surface area is 97.3 Å². The first kappa shape index (κ1) is 13.2. The number of aliphatic hydroxyl groups excluding tert-OH is 2. The van der Waals surface area contributed by atoms with Crippen LogP contribution < -0.4 is 0 Å². The molecule has 0 aliphatic heterocycles. The summed E-state index contributed by atoms with van der Waals surface area (Å²) in [6, 6.07) is 8.15. The fourth-order valence-electron chi connectivity index (χ4n) is 2.13. The molecule has 0 aliphatic carbocycles. The molecule has 0 heterocycles. The normalized spacial score (nSPS) is 13.4. The lowest BCUT2D eigenvalue weighted by Crippen LogP contribution is -2.32. The summed E-state index contributed by atoms with van der Waals surface area (Å²) in [7, 11) is 3.94. The van der Waals surface area contributed by atoms with E-state index in [0.717, 1.165) is 0 Å². The number of hydrogen-bond acceptors (Lipinski definition) is 3. The monoisotopic (exact) mass is 223 g/mol. The van der Waals surface area contributed by atoms with Gasteiger partial charge in [-0.05, 0) is 32.1 Å². The Morgan fingerprint density at radius 2 is 1.69 bits per heavy atom. The van der Waals surface area contributed by atoms with E-state index >= 15 is 0 Å². The molecule has 1 rings (SSSR count). The van der Waals surface area contributed by atoms with Crippen molar-refractivity contribution in [3.63, 3.8) is 0 Å².